The highest BCUT2D eigenvalue weighted by Gasteiger charge is 2.33. The van der Waals surface area contributed by atoms with Crippen molar-refractivity contribution in [1.29, 1.82) is 0 Å². The topological polar surface area (TPSA) is 81.7 Å². The number of halogens is 2. The van der Waals surface area contributed by atoms with Crippen LogP contribution < -0.4 is 0 Å². The lowest BCUT2D eigenvalue weighted by atomic mass is 9.85. The highest BCUT2D eigenvalue weighted by Crippen LogP contribution is 2.35. The molecule has 162 valence electrons. The second-order valence-corrected chi connectivity index (χ2v) is 7.74. The van der Waals surface area contributed by atoms with Gasteiger partial charge in [-0.15, -0.1) is 15.0 Å². The van der Waals surface area contributed by atoms with Gasteiger partial charge in [0.05, 0.1) is 6.20 Å². The third-order valence-corrected chi connectivity index (χ3v) is 5.86. The molecule has 0 saturated heterocycles. The molecule has 0 radical (unpaired) electrons. The Morgan fingerprint density at radius 3 is 2.69 bits per heavy atom. The Morgan fingerprint density at radius 2 is 1.94 bits per heavy atom. The average molecular weight is 435 g/mol. The summed E-state index contributed by atoms with van der Waals surface area (Å²) in [5.41, 5.74) is 4.15. The fraction of sp³-hybridized carbons (Fsp3) is 0.227. The van der Waals surface area contributed by atoms with Crippen molar-refractivity contribution >= 4 is 5.91 Å². The number of rotatable bonds is 3. The molecule has 0 N–H and O–H groups in total. The van der Waals surface area contributed by atoms with Gasteiger partial charge in [-0.1, -0.05) is 24.3 Å². The van der Waals surface area contributed by atoms with E-state index in [1.165, 1.54) is 6.07 Å². The first-order valence-electron chi connectivity index (χ1n) is 10.0. The van der Waals surface area contributed by atoms with Gasteiger partial charge >= 0.3 is 0 Å². The average Bonchev–Trinajstić information content (AvgIpc) is 3.40. The summed E-state index contributed by atoms with van der Waals surface area (Å²) in [6.07, 6.45) is 1.83. The Balaban J connectivity index is 1.47. The highest BCUT2D eigenvalue weighted by atomic mass is 19.1. The van der Waals surface area contributed by atoms with Crippen LogP contribution in [0.5, 0.6) is 0 Å². The van der Waals surface area contributed by atoms with Crippen molar-refractivity contribution in [2.45, 2.75) is 19.4 Å². The monoisotopic (exact) mass is 435 g/mol. The molecular weight excluding hydrogens is 416 g/mol. The fourth-order valence-corrected chi connectivity index (χ4v) is 4.07. The van der Waals surface area contributed by atoms with Crippen molar-refractivity contribution in [1.82, 2.24) is 34.9 Å². The molecule has 5 rings (SSSR count). The van der Waals surface area contributed by atoms with Crippen molar-refractivity contribution in [3.05, 3.63) is 88.5 Å². The first kappa shape index (κ1) is 20.0. The zero-order valence-electron chi connectivity index (χ0n) is 17.4. The summed E-state index contributed by atoms with van der Waals surface area (Å²) in [5, 5.41) is 16.0. The normalized spacial score (nSPS) is 15.6. The van der Waals surface area contributed by atoms with E-state index in [2.05, 4.69) is 26.6 Å². The van der Waals surface area contributed by atoms with Crippen molar-refractivity contribution in [3.8, 4) is 5.69 Å². The van der Waals surface area contributed by atoms with Crippen LogP contribution in [0.4, 0.5) is 8.78 Å². The van der Waals surface area contributed by atoms with E-state index in [9.17, 15) is 13.6 Å². The standard InChI is InChI=1S/C22H19F2N7O/c1-13-17(10-25-29(13)2)18-12-30(11-14-5-3-4-6-16(14)18)22(32)21-26-28-31(27-21)20-8-7-15(23)9-19(20)24/h3-10,18H,11-12H2,1-2H3. The van der Waals surface area contributed by atoms with Gasteiger partial charge in [-0.3, -0.25) is 9.48 Å². The van der Waals surface area contributed by atoms with E-state index in [-0.39, 0.29) is 17.4 Å². The maximum Gasteiger partial charge on any atom is 0.295 e. The zero-order valence-corrected chi connectivity index (χ0v) is 17.4. The van der Waals surface area contributed by atoms with Gasteiger partial charge in [0.15, 0.2) is 5.82 Å². The van der Waals surface area contributed by atoms with E-state index in [1.807, 2.05) is 43.0 Å². The van der Waals surface area contributed by atoms with Crippen LogP contribution in [0.3, 0.4) is 0 Å². The number of aryl methyl sites for hydroxylation is 1. The Morgan fingerprint density at radius 1 is 1.12 bits per heavy atom. The van der Waals surface area contributed by atoms with Gasteiger partial charge in [-0.05, 0) is 35.4 Å². The maximum absolute atomic E-state index is 14.1. The van der Waals surface area contributed by atoms with Gasteiger partial charge in [0.25, 0.3) is 11.7 Å². The van der Waals surface area contributed by atoms with Gasteiger partial charge in [0.2, 0.25) is 0 Å². The minimum absolute atomic E-state index is 0.0535. The van der Waals surface area contributed by atoms with E-state index in [4.69, 9.17) is 0 Å². The minimum atomic E-state index is -0.847. The van der Waals surface area contributed by atoms with Gasteiger partial charge in [0, 0.05) is 43.4 Å². The number of hydrogen-bond donors (Lipinski definition) is 0. The van der Waals surface area contributed by atoms with Crippen molar-refractivity contribution in [2.75, 3.05) is 6.54 Å². The van der Waals surface area contributed by atoms with Crippen LogP contribution >= 0.6 is 0 Å². The summed E-state index contributed by atoms with van der Waals surface area (Å²) < 4.78 is 29.1. The molecule has 1 atom stereocenters. The quantitative estimate of drug-likeness (QED) is 0.494. The number of nitrogens with zero attached hydrogens (tertiary/aromatic N) is 7. The molecular formula is C22H19F2N7O. The van der Waals surface area contributed by atoms with Crippen LogP contribution in [0.25, 0.3) is 5.69 Å². The molecule has 0 fully saturated rings. The maximum atomic E-state index is 14.1. The Labute approximate surface area is 182 Å². The first-order valence-corrected chi connectivity index (χ1v) is 10.0. The number of benzene rings is 2. The molecule has 4 aromatic rings. The Kier molecular flexibility index (Phi) is 4.76. The molecule has 0 saturated carbocycles. The Hall–Kier alpha value is -3.95. The number of carbonyl (C=O) groups excluding carboxylic acids is 1. The van der Waals surface area contributed by atoms with Crippen molar-refractivity contribution < 1.29 is 13.6 Å². The molecule has 0 spiro atoms. The van der Waals surface area contributed by atoms with E-state index >= 15 is 0 Å². The SMILES string of the molecule is Cc1c(C2CN(C(=O)c3nnn(-c4ccc(F)cc4F)n3)Cc3ccccc32)cnn1C. The van der Waals surface area contributed by atoms with Crippen molar-refractivity contribution in [3.63, 3.8) is 0 Å². The summed E-state index contributed by atoms with van der Waals surface area (Å²) >= 11 is 0. The van der Waals surface area contributed by atoms with Gasteiger partial charge in [-0.2, -0.15) is 5.10 Å². The van der Waals surface area contributed by atoms with Gasteiger partial charge in [-0.25, -0.2) is 8.78 Å². The summed E-state index contributed by atoms with van der Waals surface area (Å²) in [6.45, 7) is 2.81. The molecule has 0 aliphatic carbocycles. The molecule has 10 heteroatoms. The molecule has 2 aromatic heterocycles. The lowest BCUT2D eigenvalue weighted by Gasteiger charge is -2.34. The van der Waals surface area contributed by atoms with Crippen LogP contribution in [0.2, 0.25) is 0 Å². The lowest BCUT2D eigenvalue weighted by molar-refractivity contribution is 0.0712. The molecule has 0 bridgehead atoms. The lowest BCUT2D eigenvalue weighted by Crippen LogP contribution is -2.39. The van der Waals surface area contributed by atoms with Crippen LogP contribution in [0.15, 0.2) is 48.7 Å². The summed E-state index contributed by atoms with van der Waals surface area (Å²) in [7, 11) is 1.88. The molecule has 1 unspecified atom stereocenters. The summed E-state index contributed by atoms with van der Waals surface area (Å²) in [4.78, 5) is 15.8. The number of aromatic nitrogens is 6. The molecule has 8 nitrogen and oxygen atoms in total. The summed E-state index contributed by atoms with van der Waals surface area (Å²) in [5.74, 6) is -2.19. The van der Waals surface area contributed by atoms with Crippen LogP contribution in [0, 0.1) is 18.6 Å². The van der Waals surface area contributed by atoms with Gasteiger partial charge in [0.1, 0.15) is 11.5 Å². The van der Waals surface area contributed by atoms with Gasteiger partial charge < -0.3 is 4.90 Å². The molecule has 2 aromatic carbocycles. The van der Waals surface area contributed by atoms with E-state index in [0.717, 1.165) is 39.3 Å². The smallest absolute Gasteiger partial charge is 0.295 e. The zero-order chi connectivity index (χ0) is 22.4. The molecule has 32 heavy (non-hydrogen) atoms. The summed E-state index contributed by atoms with van der Waals surface area (Å²) in [6, 6.07) is 11.0. The van der Waals surface area contributed by atoms with Crippen molar-refractivity contribution in [2.24, 2.45) is 7.05 Å². The number of amides is 1. The number of carbonyl (C=O) groups is 1. The predicted octanol–water partition coefficient (Wildman–Crippen LogP) is 2.77. The molecule has 1 aliphatic rings. The third-order valence-electron chi connectivity index (χ3n) is 5.86. The van der Waals surface area contributed by atoms with E-state index in [1.54, 1.807) is 4.90 Å². The second kappa shape index (κ2) is 7.63. The van der Waals surface area contributed by atoms with Crippen LogP contribution in [-0.4, -0.2) is 47.3 Å². The number of hydrogen-bond acceptors (Lipinski definition) is 5. The largest absolute Gasteiger partial charge is 0.331 e. The molecule has 1 amide bonds. The number of fused-ring (bicyclic) bond motifs is 1. The van der Waals surface area contributed by atoms with E-state index in [0.29, 0.717) is 13.1 Å². The second-order valence-electron chi connectivity index (χ2n) is 7.74. The third kappa shape index (κ3) is 3.33. The van der Waals surface area contributed by atoms with E-state index < -0.39 is 17.5 Å². The molecule has 1 aliphatic heterocycles. The first-order chi connectivity index (χ1) is 15.4. The molecule has 3 heterocycles. The highest BCUT2D eigenvalue weighted by molar-refractivity contribution is 5.90. The predicted molar refractivity (Wildman–Crippen MR) is 110 cm³/mol. The van der Waals surface area contributed by atoms with Crippen LogP contribution in [-0.2, 0) is 13.6 Å². The minimum Gasteiger partial charge on any atom is -0.331 e. The van der Waals surface area contributed by atoms with Crippen LogP contribution in [0.1, 0.15) is 38.9 Å². The Bertz CT molecular complexity index is 1330. The fourth-order valence-electron chi connectivity index (χ4n) is 4.07. The number of tetrazole rings is 1.